The number of likely N-dealkylation sites (N-methyl/N-ethyl adjacent to an activating group) is 1. The van der Waals surface area contributed by atoms with Gasteiger partial charge in [-0.15, -0.1) is 0 Å². The molecular formula is C17H19ClN4O. The molecule has 6 heteroatoms. The summed E-state index contributed by atoms with van der Waals surface area (Å²) in [5, 5.41) is 5.83. The van der Waals surface area contributed by atoms with Gasteiger partial charge >= 0.3 is 0 Å². The monoisotopic (exact) mass is 330 g/mol. The number of carbonyl (C=O) groups is 1. The zero-order valence-electron chi connectivity index (χ0n) is 13.2. The number of aromatic nitrogens is 3. The van der Waals surface area contributed by atoms with E-state index in [9.17, 15) is 4.79 Å². The molecule has 0 aliphatic rings. The summed E-state index contributed by atoms with van der Waals surface area (Å²) in [6.07, 6.45) is 3.73. The van der Waals surface area contributed by atoms with E-state index in [0.717, 1.165) is 6.54 Å². The maximum atomic E-state index is 12.5. The average molecular weight is 331 g/mol. The normalized spacial score (nSPS) is 11.1. The van der Waals surface area contributed by atoms with E-state index in [1.807, 2.05) is 25.3 Å². The fourth-order valence-electron chi connectivity index (χ4n) is 2.58. The minimum atomic E-state index is -0.154. The fourth-order valence-corrected chi connectivity index (χ4v) is 2.81. The van der Waals surface area contributed by atoms with Gasteiger partial charge in [-0.05, 0) is 24.4 Å². The Hall–Kier alpha value is -2.27. The van der Waals surface area contributed by atoms with E-state index >= 15 is 0 Å². The van der Waals surface area contributed by atoms with E-state index in [-0.39, 0.29) is 5.91 Å². The molecule has 1 aromatic carbocycles. The van der Waals surface area contributed by atoms with Gasteiger partial charge in [0, 0.05) is 44.6 Å². The summed E-state index contributed by atoms with van der Waals surface area (Å²) in [4.78, 5) is 14.1. The highest BCUT2D eigenvalue weighted by molar-refractivity contribution is 6.33. The number of nitrogens with zero attached hydrogens (tertiary/aromatic N) is 4. The minimum Gasteiger partial charge on any atom is -0.346 e. The van der Waals surface area contributed by atoms with Crippen LogP contribution in [0.3, 0.4) is 0 Å². The van der Waals surface area contributed by atoms with Crippen LogP contribution in [0.25, 0.3) is 10.9 Å². The van der Waals surface area contributed by atoms with Crippen molar-refractivity contribution in [3.63, 3.8) is 0 Å². The van der Waals surface area contributed by atoms with E-state index in [4.69, 9.17) is 11.6 Å². The molecule has 0 aliphatic carbocycles. The van der Waals surface area contributed by atoms with Gasteiger partial charge in [0.05, 0.1) is 5.02 Å². The number of para-hydroxylation sites is 1. The third-order valence-corrected chi connectivity index (χ3v) is 4.22. The van der Waals surface area contributed by atoms with E-state index in [2.05, 4.69) is 27.9 Å². The number of hydrogen-bond acceptors (Lipinski definition) is 2. The highest BCUT2D eigenvalue weighted by atomic mass is 35.5. The fraction of sp³-hybridized carbons (Fsp3) is 0.294. The van der Waals surface area contributed by atoms with Crippen LogP contribution < -0.4 is 0 Å². The highest BCUT2D eigenvalue weighted by Gasteiger charge is 2.19. The SMILES string of the molecule is CCn1cc(Cl)c(C(=O)N(C)CCn2ccc3ccccc32)n1. The van der Waals surface area contributed by atoms with Crippen molar-refractivity contribution in [2.24, 2.45) is 0 Å². The van der Waals surface area contributed by atoms with Gasteiger partial charge in [-0.3, -0.25) is 9.48 Å². The van der Waals surface area contributed by atoms with Crippen molar-refractivity contribution in [2.45, 2.75) is 20.0 Å². The Morgan fingerprint density at radius 2 is 2.09 bits per heavy atom. The second kappa shape index (κ2) is 6.46. The molecule has 0 spiro atoms. The molecule has 0 radical (unpaired) electrons. The summed E-state index contributed by atoms with van der Waals surface area (Å²) in [5.74, 6) is -0.154. The first-order valence-corrected chi connectivity index (χ1v) is 8.00. The van der Waals surface area contributed by atoms with Crippen molar-refractivity contribution in [3.8, 4) is 0 Å². The maximum absolute atomic E-state index is 12.5. The molecule has 3 aromatic rings. The minimum absolute atomic E-state index is 0.154. The maximum Gasteiger partial charge on any atom is 0.275 e. The van der Waals surface area contributed by atoms with Gasteiger partial charge in [0.1, 0.15) is 0 Å². The van der Waals surface area contributed by atoms with Gasteiger partial charge in [-0.25, -0.2) is 0 Å². The van der Waals surface area contributed by atoms with Crippen LogP contribution in [0.15, 0.2) is 42.7 Å². The van der Waals surface area contributed by atoms with Crippen LogP contribution >= 0.6 is 11.6 Å². The summed E-state index contributed by atoms with van der Waals surface area (Å²) in [7, 11) is 1.77. The quantitative estimate of drug-likeness (QED) is 0.720. The number of fused-ring (bicyclic) bond motifs is 1. The van der Waals surface area contributed by atoms with Gasteiger partial charge in [-0.2, -0.15) is 5.10 Å². The number of rotatable bonds is 5. The lowest BCUT2D eigenvalue weighted by atomic mass is 10.2. The molecule has 3 rings (SSSR count). The van der Waals surface area contributed by atoms with Gasteiger partial charge in [-0.1, -0.05) is 29.8 Å². The largest absolute Gasteiger partial charge is 0.346 e. The summed E-state index contributed by atoms with van der Waals surface area (Å²) in [6, 6.07) is 10.3. The molecule has 2 aromatic heterocycles. The lowest BCUT2D eigenvalue weighted by Gasteiger charge is -2.17. The highest BCUT2D eigenvalue weighted by Crippen LogP contribution is 2.17. The smallest absolute Gasteiger partial charge is 0.275 e. The average Bonchev–Trinajstić information content (AvgIpc) is 3.15. The first-order valence-electron chi connectivity index (χ1n) is 7.62. The van der Waals surface area contributed by atoms with Crippen molar-refractivity contribution >= 4 is 28.4 Å². The Morgan fingerprint density at radius 1 is 1.30 bits per heavy atom. The molecule has 23 heavy (non-hydrogen) atoms. The summed E-state index contributed by atoms with van der Waals surface area (Å²) >= 11 is 6.10. The molecule has 0 saturated carbocycles. The van der Waals surface area contributed by atoms with Crippen molar-refractivity contribution in [1.82, 2.24) is 19.2 Å². The molecule has 120 valence electrons. The zero-order chi connectivity index (χ0) is 16.4. The van der Waals surface area contributed by atoms with Crippen molar-refractivity contribution in [1.29, 1.82) is 0 Å². The molecule has 0 unspecified atom stereocenters. The van der Waals surface area contributed by atoms with Crippen LogP contribution in [-0.2, 0) is 13.1 Å². The Kier molecular flexibility index (Phi) is 4.39. The number of carbonyl (C=O) groups excluding carboxylic acids is 1. The zero-order valence-corrected chi connectivity index (χ0v) is 14.0. The first-order chi connectivity index (χ1) is 11.1. The standard InChI is InChI=1S/C17H19ClN4O/c1-3-22-12-14(18)16(19-22)17(23)20(2)10-11-21-9-8-13-6-4-5-7-15(13)21/h4-9,12H,3,10-11H2,1-2H3. The Labute approximate surface area is 140 Å². The molecule has 1 amide bonds. The summed E-state index contributed by atoms with van der Waals surface area (Å²) in [5.41, 5.74) is 1.48. The van der Waals surface area contributed by atoms with Gasteiger partial charge in [0.15, 0.2) is 5.69 Å². The van der Waals surface area contributed by atoms with E-state index < -0.39 is 0 Å². The number of aryl methyl sites for hydroxylation is 1. The van der Waals surface area contributed by atoms with Crippen LogP contribution in [0.1, 0.15) is 17.4 Å². The molecule has 2 heterocycles. The predicted molar refractivity (Wildman–Crippen MR) is 91.8 cm³/mol. The molecule has 5 nitrogen and oxygen atoms in total. The van der Waals surface area contributed by atoms with Crippen LogP contribution in [0.4, 0.5) is 0 Å². The predicted octanol–water partition coefficient (Wildman–Crippen LogP) is 3.28. The van der Waals surface area contributed by atoms with Gasteiger partial charge in [0.25, 0.3) is 5.91 Å². The summed E-state index contributed by atoms with van der Waals surface area (Å²) in [6.45, 7) is 3.96. The molecule has 0 atom stereocenters. The van der Waals surface area contributed by atoms with Gasteiger partial charge < -0.3 is 9.47 Å². The van der Waals surface area contributed by atoms with Crippen molar-refractivity contribution < 1.29 is 4.79 Å². The lowest BCUT2D eigenvalue weighted by Crippen LogP contribution is -2.30. The number of benzene rings is 1. The molecule has 0 saturated heterocycles. The van der Waals surface area contributed by atoms with Crippen LogP contribution in [0.2, 0.25) is 5.02 Å². The van der Waals surface area contributed by atoms with Crippen LogP contribution in [0, 0.1) is 0 Å². The number of halogens is 1. The van der Waals surface area contributed by atoms with E-state index in [1.165, 1.54) is 10.9 Å². The molecule has 0 bridgehead atoms. The van der Waals surface area contributed by atoms with Crippen LogP contribution in [0.5, 0.6) is 0 Å². The van der Waals surface area contributed by atoms with Gasteiger partial charge in [0.2, 0.25) is 0 Å². The Balaban J connectivity index is 1.70. The van der Waals surface area contributed by atoms with E-state index in [1.54, 1.807) is 22.8 Å². The second-order valence-electron chi connectivity index (χ2n) is 5.48. The summed E-state index contributed by atoms with van der Waals surface area (Å²) < 4.78 is 3.81. The molecular weight excluding hydrogens is 312 g/mol. The topological polar surface area (TPSA) is 43.1 Å². The third-order valence-electron chi connectivity index (χ3n) is 3.95. The molecule has 0 fully saturated rings. The number of hydrogen-bond donors (Lipinski definition) is 0. The second-order valence-corrected chi connectivity index (χ2v) is 5.88. The van der Waals surface area contributed by atoms with E-state index in [0.29, 0.717) is 23.8 Å². The molecule has 0 N–H and O–H groups in total. The molecule has 0 aliphatic heterocycles. The van der Waals surface area contributed by atoms with Crippen molar-refractivity contribution in [2.75, 3.05) is 13.6 Å². The third kappa shape index (κ3) is 3.10. The first kappa shape index (κ1) is 15.6. The van der Waals surface area contributed by atoms with Crippen LogP contribution in [-0.4, -0.2) is 38.7 Å². The van der Waals surface area contributed by atoms with Crippen molar-refractivity contribution in [3.05, 3.63) is 53.4 Å². The lowest BCUT2D eigenvalue weighted by molar-refractivity contribution is 0.0784. The Morgan fingerprint density at radius 3 is 2.83 bits per heavy atom. The Bertz CT molecular complexity index is 836. The number of amides is 1.